The van der Waals surface area contributed by atoms with E-state index in [1.54, 1.807) is 0 Å². The highest BCUT2D eigenvalue weighted by atomic mass is 19.3. The summed E-state index contributed by atoms with van der Waals surface area (Å²) in [5.74, 6) is 0.783. The molecule has 1 aromatic carbocycles. The maximum Gasteiger partial charge on any atom is 0.356 e. The lowest BCUT2D eigenvalue weighted by atomic mass is 9.78. The predicted molar refractivity (Wildman–Crippen MR) is 109 cm³/mol. The maximum absolute atomic E-state index is 14.2. The summed E-state index contributed by atoms with van der Waals surface area (Å²) in [4.78, 5) is 0. The lowest BCUT2D eigenvalue weighted by molar-refractivity contribution is -0.256. The molecule has 0 unspecified atom stereocenters. The van der Waals surface area contributed by atoms with Crippen LogP contribution in [0.5, 0.6) is 0 Å². The standard InChI is InChI=1S/C24H34F2O/c1-3-5-7-9-21-10-14-22(15-11-21)18-24(25,26)27-19-23-16-12-20(13-17-23)8-6-4-2/h3-5,12-13,16-17,21-22H,2,6-11,14-15,18-19H2,1H3/b5-3+. The van der Waals surface area contributed by atoms with Gasteiger partial charge in [-0.2, -0.15) is 8.78 Å². The molecule has 1 aliphatic rings. The highest BCUT2D eigenvalue weighted by molar-refractivity contribution is 5.22. The van der Waals surface area contributed by atoms with Gasteiger partial charge in [-0.1, -0.05) is 55.3 Å². The van der Waals surface area contributed by atoms with Gasteiger partial charge in [-0.3, -0.25) is 0 Å². The second-order valence-corrected chi connectivity index (χ2v) is 7.81. The van der Waals surface area contributed by atoms with E-state index in [2.05, 4.69) is 18.7 Å². The van der Waals surface area contributed by atoms with Gasteiger partial charge in [0.05, 0.1) is 6.61 Å². The number of hydrogen-bond acceptors (Lipinski definition) is 1. The summed E-state index contributed by atoms with van der Waals surface area (Å²) in [6.45, 7) is 5.72. The Labute approximate surface area is 163 Å². The van der Waals surface area contributed by atoms with Crippen molar-refractivity contribution in [3.05, 3.63) is 60.2 Å². The number of allylic oxidation sites excluding steroid dienone is 3. The van der Waals surface area contributed by atoms with Crippen LogP contribution in [0.1, 0.15) is 69.4 Å². The molecule has 150 valence electrons. The smallest absolute Gasteiger partial charge is 0.316 e. The minimum atomic E-state index is -3.04. The molecule has 0 saturated heterocycles. The molecule has 2 rings (SSSR count). The Morgan fingerprint density at radius 3 is 2.30 bits per heavy atom. The summed E-state index contributed by atoms with van der Waals surface area (Å²) in [6.07, 6.45) is 11.1. The molecular weight excluding hydrogens is 342 g/mol. The average Bonchev–Trinajstić information content (AvgIpc) is 2.67. The number of halogens is 2. The van der Waals surface area contributed by atoms with E-state index in [0.29, 0.717) is 5.92 Å². The van der Waals surface area contributed by atoms with Crippen LogP contribution in [0.25, 0.3) is 0 Å². The first kappa shape index (κ1) is 21.8. The lowest BCUT2D eigenvalue weighted by Crippen LogP contribution is -2.27. The van der Waals surface area contributed by atoms with Crippen LogP contribution in [-0.2, 0) is 17.8 Å². The molecule has 1 aliphatic carbocycles. The van der Waals surface area contributed by atoms with Crippen LogP contribution < -0.4 is 0 Å². The van der Waals surface area contributed by atoms with Crippen molar-refractivity contribution in [1.29, 1.82) is 0 Å². The molecule has 0 amide bonds. The summed E-state index contributed by atoms with van der Waals surface area (Å²) in [7, 11) is 0. The molecular formula is C24H34F2O. The first-order valence-electron chi connectivity index (χ1n) is 10.3. The number of benzene rings is 1. The van der Waals surface area contributed by atoms with Gasteiger partial charge in [0.25, 0.3) is 0 Å². The molecule has 1 saturated carbocycles. The van der Waals surface area contributed by atoms with Crippen molar-refractivity contribution in [2.75, 3.05) is 0 Å². The Morgan fingerprint density at radius 1 is 1.04 bits per heavy atom. The molecule has 0 heterocycles. The molecule has 0 N–H and O–H groups in total. The fourth-order valence-electron chi connectivity index (χ4n) is 3.88. The minimum absolute atomic E-state index is 0.0343. The zero-order valence-corrected chi connectivity index (χ0v) is 16.6. The highest BCUT2D eigenvalue weighted by Crippen LogP contribution is 2.38. The fourth-order valence-corrected chi connectivity index (χ4v) is 3.88. The van der Waals surface area contributed by atoms with Crippen LogP contribution in [0.15, 0.2) is 49.1 Å². The summed E-state index contributed by atoms with van der Waals surface area (Å²) < 4.78 is 33.5. The summed E-state index contributed by atoms with van der Waals surface area (Å²) in [6, 6.07) is 7.72. The van der Waals surface area contributed by atoms with E-state index in [0.717, 1.165) is 50.5 Å². The number of alkyl halides is 2. The minimum Gasteiger partial charge on any atom is -0.316 e. The molecule has 1 aromatic rings. The summed E-state index contributed by atoms with van der Waals surface area (Å²) in [5.41, 5.74) is 1.99. The van der Waals surface area contributed by atoms with Crippen molar-refractivity contribution < 1.29 is 13.5 Å². The monoisotopic (exact) mass is 376 g/mol. The van der Waals surface area contributed by atoms with E-state index in [1.165, 1.54) is 12.0 Å². The molecule has 1 nitrogen and oxygen atoms in total. The van der Waals surface area contributed by atoms with Gasteiger partial charge in [0.1, 0.15) is 0 Å². The van der Waals surface area contributed by atoms with Gasteiger partial charge >= 0.3 is 6.11 Å². The van der Waals surface area contributed by atoms with Crippen LogP contribution in [0.4, 0.5) is 8.78 Å². The van der Waals surface area contributed by atoms with Crippen molar-refractivity contribution in [3.63, 3.8) is 0 Å². The molecule has 0 atom stereocenters. The highest BCUT2D eigenvalue weighted by Gasteiger charge is 2.35. The van der Waals surface area contributed by atoms with Gasteiger partial charge in [0.2, 0.25) is 0 Å². The Hall–Kier alpha value is -1.48. The SMILES string of the molecule is C=CCCc1ccc(COC(F)(F)CC2CCC(CC/C=C/C)CC2)cc1. The van der Waals surface area contributed by atoms with Crippen molar-refractivity contribution in [3.8, 4) is 0 Å². The van der Waals surface area contributed by atoms with Gasteiger partial charge in [-0.25, -0.2) is 0 Å². The van der Waals surface area contributed by atoms with E-state index in [9.17, 15) is 8.78 Å². The molecule has 0 aromatic heterocycles. The zero-order valence-electron chi connectivity index (χ0n) is 16.6. The van der Waals surface area contributed by atoms with Gasteiger partial charge in [-0.05, 0) is 68.4 Å². The number of hydrogen-bond donors (Lipinski definition) is 0. The van der Waals surface area contributed by atoms with E-state index in [4.69, 9.17) is 4.74 Å². The van der Waals surface area contributed by atoms with Crippen molar-refractivity contribution >= 4 is 0 Å². The normalized spacial score (nSPS) is 20.9. The van der Waals surface area contributed by atoms with Crippen molar-refractivity contribution in [2.45, 2.75) is 77.4 Å². The molecule has 3 heteroatoms. The van der Waals surface area contributed by atoms with Crippen LogP contribution in [0.3, 0.4) is 0 Å². The largest absolute Gasteiger partial charge is 0.356 e. The van der Waals surface area contributed by atoms with Crippen molar-refractivity contribution in [1.82, 2.24) is 0 Å². The first-order valence-corrected chi connectivity index (χ1v) is 10.3. The third kappa shape index (κ3) is 8.38. The molecule has 0 aliphatic heterocycles. The Kier molecular flexibility index (Phi) is 9.20. The van der Waals surface area contributed by atoms with Crippen LogP contribution >= 0.6 is 0 Å². The predicted octanol–water partition coefficient (Wildman–Crippen LogP) is 7.47. The van der Waals surface area contributed by atoms with Gasteiger partial charge in [0.15, 0.2) is 0 Å². The second-order valence-electron chi connectivity index (χ2n) is 7.81. The maximum atomic E-state index is 14.2. The molecule has 27 heavy (non-hydrogen) atoms. The number of aryl methyl sites for hydroxylation is 1. The third-order valence-electron chi connectivity index (χ3n) is 5.58. The second kappa shape index (κ2) is 11.4. The van der Waals surface area contributed by atoms with Gasteiger partial charge in [-0.15, -0.1) is 6.58 Å². The molecule has 0 spiro atoms. The van der Waals surface area contributed by atoms with Gasteiger partial charge < -0.3 is 4.74 Å². The zero-order chi connectivity index (χ0) is 19.5. The Morgan fingerprint density at radius 2 is 1.67 bits per heavy atom. The van der Waals surface area contributed by atoms with Crippen LogP contribution in [-0.4, -0.2) is 6.11 Å². The summed E-state index contributed by atoms with van der Waals surface area (Å²) >= 11 is 0. The van der Waals surface area contributed by atoms with Crippen LogP contribution in [0, 0.1) is 11.8 Å². The van der Waals surface area contributed by atoms with Crippen LogP contribution in [0.2, 0.25) is 0 Å². The number of ether oxygens (including phenoxy) is 1. The Balaban J connectivity index is 1.71. The molecule has 0 radical (unpaired) electrons. The van der Waals surface area contributed by atoms with E-state index in [1.807, 2.05) is 37.3 Å². The van der Waals surface area contributed by atoms with E-state index in [-0.39, 0.29) is 18.9 Å². The quantitative estimate of drug-likeness (QED) is 0.364. The first-order chi connectivity index (χ1) is 13.0. The van der Waals surface area contributed by atoms with Gasteiger partial charge in [0, 0.05) is 6.42 Å². The number of rotatable bonds is 11. The molecule has 1 fully saturated rings. The average molecular weight is 377 g/mol. The van der Waals surface area contributed by atoms with Crippen molar-refractivity contribution in [2.24, 2.45) is 11.8 Å². The fraction of sp³-hybridized carbons (Fsp3) is 0.583. The third-order valence-corrected chi connectivity index (χ3v) is 5.58. The summed E-state index contributed by atoms with van der Waals surface area (Å²) in [5, 5.41) is 0. The molecule has 0 bridgehead atoms. The van der Waals surface area contributed by atoms with E-state index < -0.39 is 6.11 Å². The lowest BCUT2D eigenvalue weighted by Gasteiger charge is -2.30. The topological polar surface area (TPSA) is 9.23 Å². The van der Waals surface area contributed by atoms with E-state index >= 15 is 0 Å². The Bertz CT molecular complexity index is 569.